The van der Waals surface area contributed by atoms with Crippen molar-refractivity contribution in [3.8, 4) is 0 Å². The molecule has 10 heavy (non-hydrogen) atoms. The molecular weight excluding hydrogens is 146 g/mol. The fraction of sp³-hybridized carbons (Fsp3) is 0.571. The van der Waals surface area contributed by atoms with Crippen LogP contribution in [0.5, 0.6) is 0 Å². The molecule has 1 saturated heterocycles. The summed E-state index contributed by atoms with van der Waals surface area (Å²) in [5.74, 6) is 0. The van der Waals surface area contributed by atoms with Crippen LogP contribution in [-0.4, -0.2) is 11.6 Å². The molecule has 2 heterocycles. The van der Waals surface area contributed by atoms with E-state index in [2.05, 4.69) is 10.4 Å². The monoisotopic (exact) mass is 155 g/mol. The van der Waals surface area contributed by atoms with Crippen molar-refractivity contribution in [3.63, 3.8) is 0 Å². The van der Waals surface area contributed by atoms with Gasteiger partial charge in [-0.3, -0.25) is 0 Å². The minimum absolute atomic E-state index is 0.297. The second kappa shape index (κ2) is 2.68. The highest BCUT2D eigenvalue weighted by molar-refractivity contribution is 7.07. The van der Waals surface area contributed by atoms with E-state index >= 15 is 0 Å². The lowest BCUT2D eigenvalue weighted by Crippen LogP contribution is -1.94. The van der Waals surface area contributed by atoms with Crippen LogP contribution in [0.25, 0.3) is 0 Å². The van der Waals surface area contributed by atoms with Crippen LogP contribution >= 0.6 is 11.3 Å². The van der Waals surface area contributed by atoms with Gasteiger partial charge in [-0.15, -0.1) is 11.3 Å². The molecule has 0 aliphatic carbocycles. The molecular formula is C7H9NOS. The van der Waals surface area contributed by atoms with Gasteiger partial charge in [0.2, 0.25) is 0 Å². The molecule has 0 radical (unpaired) electrons. The molecule has 54 valence electrons. The topological polar surface area (TPSA) is 22.1 Å². The van der Waals surface area contributed by atoms with Crippen LogP contribution in [0.15, 0.2) is 10.9 Å². The molecule has 0 saturated carbocycles. The summed E-state index contributed by atoms with van der Waals surface area (Å²) in [4.78, 5) is 4.19. The van der Waals surface area contributed by atoms with Gasteiger partial charge in [-0.2, -0.15) is 0 Å². The quantitative estimate of drug-likeness (QED) is 0.618. The van der Waals surface area contributed by atoms with Crippen molar-refractivity contribution in [2.45, 2.75) is 18.9 Å². The molecule has 1 aliphatic rings. The number of aromatic nitrogens is 1. The average Bonchev–Trinajstić information content (AvgIpc) is 2.59. The summed E-state index contributed by atoms with van der Waals surface area (Å²) in [5.41, 5.74) is 2.97. The molecule has 1 aliphatic heterocycles. The lowest BCUT2D eigenvalue weighted by Gasteiger charge is -2.03. The lowest BCUT2D eigenvalue weighted by molar-refractivity contribution is 0.109. The summed E-state index contributed by atoms with van der Waals surface area (Å²) < 4.78 is 5.44. The van der Waals surface area contributed by atoms with Crippen LogP contribution < -0.4 is 0 Å². The molecule has 0 bridgehead atoms. The van der Waals surface area contributed by atoms with Crippen LogP contribution in [0.1, 0.15) is 24.6 Å². The molecule has 1 aromatic heterocycles. The predicted octanol–water partition coefficient (Wildman–Crippen LogP) is 1.99. The first kappa shape index (κ1) is 6.31. The Morgan fingerprint density at radius 3 is 3.30 bits per heavy atom. The Bertz CT molecular complexity index is 191. The Morgan fingerprint density at radius 1 is 1.70 bits per heavy atom. The molecule has 0 N–H and O–H groups in total. The zero-order valence-corrected chi connectivity index (χ0v) is 6.43. The Labute approximate surface area is 63.9 Å². The van der Waals surface area contributed by atoms with E-state index in [9.17, 15) is 0 Å². The van der Waals surface area contributed by atoms with Gasteiger partial charge in [0.25, 0.3) is 0 Å². The van der Waals surface area contributed by atoms with Crippen LogP contribution in [-0.2, 0) is 4.74 Å². The maximum Gasteiger partial charge on any atom is 0.100 e. The van der Waals surface area contributed by atoms with Crippen molar-refractivity contribution in [3.05, 3.63) is 16.6 Å². The summed E-state index contributed by atoms with van der Waals surface area (Å²) in [6.45, 7) is 0.905. The molecule has 0 spiro atoms. The maximum atomic E-state index is 5.44. The van der Waals surface area contributed by atoms with Gasteiger partial charge >= 0.3 is 0 Å². The third kappa shape index (κ3) is 1.07. The summed E-state index contributed by atoms with van der Waals surface area (Å²) in [7, 11) is 0. The zero-order chi connectivity index (χ0) is 6.81. The van der Waals surface area contributed by atoms with Gasteiger partial charge in [0, 0.05) is 12.0 Å². The molecule has 2 nitrogen and oxygen atoms in total. The Hall–Kier alpha value is -0.410. The normalized spacial score (nSPS) is 25.4. The Kier molecular flexibility index (Phi) is 1.69. The summed E-state index contributed by atoms with van der Waals surface area (Å²) >= 11 is 1.64. The van der Waals surface area contributed by atoms with Gasteiger partial charge in [-0.05, 0) is 12.8 Å². The first-order chi connectivity index (χ1) is 4.97. The van der Waals surface area contributed by atoms with E-state index in [0.29, 0.717) is 6.10 Å². The highest BCUT2D eigenvalue weighted by atomic mass is 32.1. The maximum absolute atomic E-state index is 5.44. The van der Waals surface area contributed by atoms with E-state index in [1.165, 1.54) is 6.42 Å². The van der Waals surface area contributed by atoms with Gasteiger partial charge < -0.3 is 4.74 Å². The number of rotatable bonds is 1. The molecule has 1 fully saturated rings. The Morgan fingerprint density at radius 2 is 2.70 bits per heavy atom. The van der Waals surface area contributed by atoms with Crippen molar-refractivity contribution in [2.24, 2.45) is 0 Å². The van der Waals surface area contributed by atoms with Crippen molar-refractivity contribution in [2.75, 3.05) is 6.61 Å². The van der Waals surface area contributed by atoms with Crippen molar-refractivity contribution in [1.82, 2.24) is 4.98 Å². The van der Waals surface area contributed by atoms with Crippen LogP contribution in [0.4, 0.5) is 0 Å². The van der Waals surface area contributed by atoms with Gasteiger partial charge in [-0.1, -0.05) is 0 Å². The number of nitrogens with zero attached hydrogens (tertiary/aromatic N) is 1. The summed E-state index contributed by atoms with van der Waals surface area (Å²) in [6.07, 6.45) is 2.62. The summed E-state index contributed by atoms with van der Waals surface area (Å²) in [6, 6.07) is 0. The summed E-state index contributed by atoms with van der Waals surface area (Å²) in [5, 5.41) is 2.07. The van der Waals surface area contributed by atoms with Crippen molar-refractivity contribution < 1.29 is 4.74 Å². The SMILES string of the molecule is c1nc([C@@H]2CCCO2)cs1. The van der Waals surface area contributed by atoms with Gasteiger partial charge in [0.15, 0.2) is 0 Å². The first-order valence-electron chi connectivity index (χ1n) is 3.46. The van der Waals surface area contributed by atoms with E-state index < -0.39 is 0 Å². The van der Waals surface area contributed by atoms with E-state index in [4.69, 9.17) is 4.74 Å². The fourth-order valence-electron chi connectivity index (χ4n) is 1.19. The molecule has 3 heteroatoms. The van der Waals surface area contributed by atoms with E-state index in [-0.39, 0.29) is 0 Å². The highest BCUT2D eigenvalue weighted by Gasteiger charge is 2.18. The molecule has 2 rings (SSSR count). The highest BCUT2D eigenvalue weighted by Crippen LogP contribution is 2.27. The minimum atomic E-state index is 0.297. The third-order valence-electron chi connectivity index (χ3n) is 1.71. The zero-order valence-electron chi connectivity index (χ0n) is 5.62. The standard InChI is InChI=1S/C7H9NOS/c1-2-7(9-3-1)6-4-10-5-8-6/h4-5,7H,1-3H2/t7-/m0/s1. The Balaban J connectivity index is 2.12. The minimum Gasteiger partial charge on any atom is -0.372 e. The second-order valence-corrected chi connectivity index (χ2v) is 3.13. The predicted molar refractivity (Wildman–Crippen MR) is 40.0 cm³/mol. The number of hydrogen-bond acceptors (Lipinski definition) is 3. The van der Waals surface area contributed by atoms with Gasteiger partial charge in [0.1, 0.15) is 6.10 Å². The van der Waals surface area contributed by atoms with Gasteiger partial charge in [-0.25, -0.2) is 4.98 Å². The molecule has 0 aromatic carbocycles. The van der Waals surface area contributed by atoms with Crippen molar-refractivity contribution >= 4 is 11.3 Å². The molecule has 1 atom stereocenters. The van der Waals surface area contributed by atoms with E-state index in [1.54, 1.807) is 11.3 Å². The van der Waals surface area contributed by atoms with Crippen LogP contribution in [0.2, 0.25) is 0 Å². The number of ether oxygens (including phenoxy) is 1. The third-order valence-corrected chi connectivity index (χ3v) is 2.32. The largest absolute Gasteiger partial charge is 0.372 e. The second-order valence-electron chi connectivity index (χ2n) is 2.41. The molecule has 1 aromatic rings. The number of thiazole rings is 1. The average molecular weight is 155 g/mol. The van der Waals surface area contributed by atoms with Crippen molar-refractivity contribution in [1.29, 1.82) is 0 Å². The molecule has 0 amide bonds. The van der Waals surface area contributed by atoms with Gasteiger partial charge in [0.05, 0.1) is 11.2 Å². The molecule has 0 unspecified atom stereocenters. The van der Waals surface area contributed by atoms with E-state index in [0.717, 1.165) is 18.7 Å². The lowest BCUT2D eigenvalue weighted by atomic mass is 10.2. The first-order valence-corrected chi connectivity index (χ1v) is 4.41. The van der Waals surface area contributed by atoms with E-state index in [1.807, 2.05) is 5.51 Å². The van der Waals surface area contributed by atoms with Crippen LogP contribution in [0.3, 0.4) is 0 Å². The smallest absolute Gasteiger partial charge is 0.100 e. The number of hydrogen-bond donors (Lipinski definition) is 0. The van der Waals surface area contributed by atoms with Crippen LogP contribution in [0, 0.1) is 0 Å². The fourth-order valence-corrected chi connectivity index (χ4v) is 1.79.